The highest BCUT2D eigenvalue weighted by Crippen LogP contribution is 2.17. The molecule has 1 heterocycles. The summed E-state index contributed by atoms with van der Waals surface area (Å²) in [7, 11) is -2.31. The summed E-state index contributed by atoms with van der Waals surface area (Å²) in [5.74, 6) is -0.280. The summed E-state index contributed by atoms with van der Waals surface area (Å²) in [6.07, 6.45) is 3.95. The Kier molecular flexibility index (Phi) is 7.85. The van der Waals surface area contributed by atoms with Crippen LogP contribution < -0.4 is 5.32 Å². The lowest BCUT2D eigenvalue weighted by atomic mass is 10.0. The lowest BCUT2D eigenvalue weighted by molar-refractivity contribution is -0.122. The fourth-order valence-electron chi connectivity index (χ4n) is 2.92. The lowest BCUT2D eigenvalue weighted by Crippen LogP contribution is -2.47. The maximum Gasteiger partial charge on any atom is 0.243 e. The van der Waals surface area contributed by atoms with E-state index in [2.05, 4.69) is 30.1 Å². The van der Waals surface area contributed by atoms with Crippen molar-refractivity contribution < 1.29 is 13.2 Å². The van der Waals surface area contributed by atoms with E-state index in [0.717, 1.165) is 36.8 Å². The fourth-order valence-corrected chi connectivity index (χ4v) is 4.17. The average molecular weight is 414 g/mol. The van der Waals surface area contributed by atoms with Gasteiger partial charge in [-0.3, -0.25) is 9.69 Å². The van der Waals surface area contributed by atoms with Gasteiger partial charge >= 0.3 is 0 Å². The first kappa shape index (κ1) is 21.9. The molecule has 8 heteroatoms. The molecule has 2 rings (SSSR count). The molecule has 0 saturated carbocycles. The highest BCUT2D eigenvalue weighted by molar-refractivity contribution is 7.89. The molecule has 1 amide bonds. The molecule has 1 aromatic carbocycles. The van der Waals surface area contributed by atoms with Gasteiger partial charge in [-0.15, -0.1) is 0 Å². The predicted octanol–water partition coefficient (Wildman–Crippen LogP) is 2.51. The van der Waals surface area contributed by atoms with E-state index >= 15 is 0 Å². The quantitative estimate of drug-likeness (QED) is 0.697. The Balaban J connectivity index is 1.83. The summed E-state index contributed by atoms with van der Waals surface area (Å²) in [6, 6.07) is 6.01. The van der Waals surface area contributed by atoms with Crippen LogP contribution in [0.4, 0.5) is 0 Å². The van der Waals surface area contributed by atoms with Crippen LogP contribution in [0.2, 0.25) is 5.02 Å². The molecule has 1 saturated heterocycles. The highest BCUT2D eigenvalue weighted by Gasteiger charge is 2.25. The first-order chi connectivity index (χ1) is 12.7. The third kappa shape index (κ3) is 6.60. The average Bonchev–Trinajstić information content (AvgIpc) is 2.61. The second-order valence-corrected chi connectivity index (χ2v) is 9.62. The number of hydrogen-bond donors (Lipinski definition) is 1. The molecule has 0 spiro atoms. The molecule has 0 bridgehead atoms. The van der Waals surface area contributed by atoms with Crippen LogP contribution in [0.15, 0.2) is 40.8 Å². The monoisotopic (exact) mass is 413 g/mol. The molecule has 0 atom stereocenters. The Morgan fingerprint density at radius 2 is 1.85 bits per heavy atom. The van der Waals surface area contributed by atoms with E-state index in [1.807, 2.05) is 0 Å². The van der Waals surface area contributed by atoms with Gasteiger partial charge in [0.15, 0.2) is 0 Å². The van der Waals surface area contributed by atoms with E-state index in [9.17, 15) is 13.2 Å². The lowest BCUT2D eigenvalue weighted by Gasteiger charge is -2.32. The Labute approximate surface area is 167 Å². The van der Waals surface area contributed by atoms with Gasteiger partial charge < -0.3 is 5.32 Å². The number of piperidine rings is 1. The normalized spacial score (nSPS) is 16.3. The Hall–Kier alpha value is -1.41. The molecular weight excluding hydrogens is 386 g/mol. The van der Waals surface area contributed by atoms with Crippen LogP contribution in [0.5, 0.6) is 0 Å². The van der Waals surface area contributed by atoms with Crippen molar-refractivity contribution in [3.05, 3.63) is 40.9 Å². The molecule has 1 aliphatic heterocycles. The zero-order chi connectivity index (χ0) is 20.0. The number of carbonyl (C=O) groups is 1. The van der Waals surface area contributed by atoms with E-state index in [1.165, 1.54) is 36.9 Å². The topological polar surface area (TPSA) is 69.7 Å². The standard InChI is InChI=1S/C19H28ClN3O3S/c1-15(2)8-11-23-12-9-17(10-13-23)21-19(24)14-22(3)27(25,26)18-6-4-16(20)5-7-18/h4-8,17H,9-14H2,1-3H3,(H,21,24). The van der Waals surface area contributed by atoms with Crippen molar-refractivity contribution in [2.75, 3.05) is 33.2 Å². The van der Waals surface area contributed by atoms with Gasteiger partial charge in [0.05, 0.1) is 11.4 Å². The molecule has 1 aliphatic rings. The van der Waals surface area contributed by atoms with E-state index in [0.29, 0.717) is 5.02 Å². The third-order valence-electron chi connectivity index (χ3n) is 4.60. The van der Waals surface area contributed by atoms with Crippen LogP contribution in [0.25, 0.3) is 0 Å². The molecule has 0 radical (unpaired) electrons. The molecule has 1 fully saturated rings. The van der Waals surface area contributed by atoms with Gasteiger partial charge in [0.1, 0.15) is 0 Å². The number of likely N-dealkylation sites (N-methyl/N-ethyl adjacent to an activating group) is 1. The zero-order valence-electron chi connectivity index (χ0n) is 16.1. The van der Waals surface area contributed by atoms with Crippen molar-refractivity contribution in [1.82, 2.24) is 14.5 Å². The minimum atomic E-state index is -3.72. The number of hydrogen-bond acceptors (Lipinski definition) is 4. The number of nitrogens with zero attached hydrogens (tertiary/aromatic N) is 2. The van der Waals surface area contributed by atoms with Gasteiger partial charge in [0.2, 0.25) is 15.9 Å². The van der Waals surface area contributed by atoms with E-state index in [4.69, 9.17) is 11.6 Å². The summed E-state index contributed by atoms with van der Waals surface area (Å²) in [4.78, 5) is 14.8. The van der Waals surface area contributed by atoms with Crippen LogP contribution in [-0.4, -0.2) is 62.8 Å². The van der Waals surface area contributed by atoms with E-state index < -0.39 is 10.0 Å². The van der Waals surface area contributed by atoms with Crippen LogP contribution in [-0.2, 0) is 14.8 Å². The van der Waals surface area contributed by atoms with Crippen molar-refractivity contribution in [3.8, 4) is 0 Å². The second kappa shape index (κ2) is 9.68. The molecule has 0 aromatic heterocycles. The summed E-state index contributed by atoms with van der Waals surface area (Å²) in [5, 5.41) is 3.42. The zero-order valence-corrected chi connectivity index (χ0v) is 17.7. The van der Waals surface area contributed by atoms with Crippen molar-refractivity contribution in [3.63, 3.8) is 0 Å². The Morgan fingerprint density at radius 3 is 2.41 bits per heavy atom. The van der Waals surface area contributed by atoms with Gasteiger partial charge in [-0.2, -0.15) is 4.31 Å². The minimum Gasteiger partial charge on any atom is -0.352 e. The van der Waals surface area contributed by atoms with Gasteiger partial charge in [0, 0.05) is 37.7 Å². The Morgan fingerprint density at radius 1 is 1.26 bits per heavy atom. The molecule has 150 valence electrons. The first-order valence-corrected chi connectivity index (χ1v) is 10.9. The fraction of sp³-hybridized carbons (Fsp3) is 0.526. The number of rotatable bonds is 7. The molecule has 1 aromatic rings. The molecule has 27 heavy (non-hydrogen) atoms. The number of likely N-dealkylation sites (tertiary alicyclic amines) is 1. The van der Waals surface area contributed by atoms with Crippen LogP contribution in [0, 0.1) is 0 Å². The Bertz CT molecular complexity index is 766. The smallest absolute Gasteiger partial charge is 0.243 e. The summed E-state index contributed by atoms with van der Waals surface area (Å²) in [5.41, 5.74) is 1.30. The number of nitrogens with one attached hydrogen (secondary N) is 1. The number of benzene rings is 1. The third-order valence-corrected chi connectivity index (χ3v) is 6.67. The van der Waals surface area contributed by atoms with Crippen LogP contribution in [0.1, 0.15) is 26.7 Å². The van der Waals surface area contributed by atoms with Gasteiger partial charge in [-0.05, 0) is 51.0 Å². The maximum atomic E-state index is 12.5. The van der Waals surface area contributed by atoms with E-state index in [1.54, 1.807) is 0 Å². The second-order valence-electron chi connectivity index (χ2n) is 7.14. The number of halogens is 1. The number of allylic oxidation sites excluding steroid dienone is 1. The molecule has 0 unspecified atom stereocenters. The number of sulfonamides is 1. The molecule has 6 nitrogen and oxygen atoms in total. The van der Waals surface area contributed by atoms with Gasteiger partial charge in [-0.1, -0.05) is 23.3 Å². The van der Waals surface area contributed by atoms with Crippen molar-refractivity contribution in [2.24, 2.45) is 0 Å². The van der Waals surface area contributed by atoms with Crippen molar-refractivity contribution in [2.45, 2.75) is 37.6 Å². The number of carbonyl (C=O) groups excluding carboxylic acids is 1. The van der Waals surface area contributed by atoms with Crippen molar-refractivity contribution >= 4 is 27.5 Å². The highest BCUT2D eigenvalue weighted by atomic mass is 35.5. The molecular formula is C19H28ClN3O3S. The molecule has 1 N–H and O–H groups in total. The summed E-state index contributed by atoms with van der Waals surface area (Å²) in [6.45, 7) is 6.75. The van der Waals surface area contributed by atoms with Gasteiger partial charge in [0.25, 0.3) is 0 Å². The minimum absolute atomic E-state index is 0.0899. The van der Waals surface area contributed by atoms with E-state index in [-0.39, 0.29) is 23.4 Å². The van der Waals surface area contributed by atoms with Crippen LogP contribution in [0.3, 0.4) is 0 Å². The largest absolute Gasteiger partial charge is 0.352 e. The first-order valence-electron chi connectivity index (χ1n) is 9.05. The summed E-state index contributed by atoms with van der Waals surface area (Å²) < 4.78 is 26.1. The van der Waals surface area contributed by atoms with Crippen molar-refractivity contribution in [1.29, 1.82) is 0 Å². The molecule has 0 aliphatic carbocycles. The number of amides is 1. The predicted molar refractivity (Wildman–Crippen MR) is 108 cm³/mol. The van der Waals surface area contributed by atoms with Gasteiger partial charge in [-0.25, -0.2) is 8.42 Å². The summed E-state index contributed by atoms with van der Waals surface area (Å²) >= 11 is 5.80. The van der Waals surface area contributed by atoms with Crippen LogP contribution >= 0.6 is 11.6 Å². The SMILES string of the molecule is CC(C)=CCN1CCC(NC(=O)CN(C)S(=O)(=O)c2ccc(Cl)cc2)CC1. The maximum absolute atomic E-state index is 12.5.